The molecule has 148 valence electrons. The van der Waals surface area contributed by atoms with Crippen molar-refractivity contribution in [2.45, 2.75) is 6.18 Å². The minimum atomic E-state index is -4.52. The quantitative estimate of drug-likeness (QED) is 0.551. The van der Waals surface area contributed by atoms with E-state index >= 15 is 0 Å². The van der Waals surface area contributed by atoms with Gasteiger partial charge >= 0.3 is 12.1 Å². The molecule has 3 rings (SSSR count). The van der Waals surface area contributed by atoms with Crippen molar-refractivity contribution in [2.24, 2.45) is 0 Å². The van der Waals surface area contributed by atoms with Gasteiger partial charge in [0.1, 0.15) is 19.0 Å². The molecule has 0 bridgehead atoms. The Labute approximate surface area is 157 Å². The van der Waals surface area contributed by atoms with Crippen LogP contribution in [0.15, 0.2) is 42.5 Å². The smallest absolute Gasteiger partial charge is 0.416 e. The van der Waals surface area contributed by atoms with Gasteiger partial charge in [0, 0.05) is 5.56 Å². The molecule has 0 fully saturated rings. The first kappa shape index (κ1) is 19.5. The number of carbonyl (C=O) groups is 2. The first-order valence-corrected chi connectivity index (χ1v) is 8.21. The van der Waals surface area contributed by atoms with Gasteiger partial charge in [-0.2, -0.15) is 13.2 Å². The van der Waals surface area contributed by atoms with Gasteiger partial charge in [-0.3, -0.25) is 4.79 Å². The number of halogens is 3. The van der Waals surface area contributed by atoms with E-state index in [0.717, 1.165) is 18.2 Å². The highest BCUT2D eigenvalue weighted by molar-refractivity contribution is 5.98. The van der Waals surface area contributed by atoms with Crippen LogP contribution in [-0.2, 0) is 15.7 Å². The molecule has 0 spiro atoms. The van der Waals surface area contributed by atoms with Crippen molar-refractivity contribution < 1.29 is 41.7 Å². The Kier molecular flexibility index (Phi) is 5.72. The Balaban J connectivity index is 1.50. The number of Topliss-reactive ketones (excluding diaryl/α,β-unsaturated/α-hetero) is 1. The lowest BCUT2D eigenvalue weighted by atomic mass is 10.1. The summed E-state index contributed by atoms with van der Waals surface area (Å²) in [7, 11) is 0. The fourth-order valence-electron chi connectivity index (χ4n) is 2.39. The minimum Gasteiger partial charge on any atom is -0.486 e. The predicted molar refractivity (Wildman–Crippen MR) is 89.7 cm³/mol. The first-order chi connectivity index (χ1) is 13.3. The predicted octanol–water partition coefficient (Wildman–Crippen LogP) is 3.28. The monoisotopic (exact) mass is 396 g/mol. The fourth-order valence-corrected chi connectivity index (χ4v) is 2.39. The third kappa shape index (κ3) is 4.93. The lowest BCUT2D eigenvalue weighted by molar-refractivity contribution is -0.144. The van der Waals surface area contributed by atoms with Gasteiger partial charge in [-0.15, -0.1) is 0 Å². The molecule has 0 aliphatic carbocycles. The molecule has 28 heavy (non-hydrogen) atoms. The summed E-state index contributed by atoms with van der Waals surface area (Å²) in [6.45, 7) is -0.379. The van der Waals surface area contributed by atoms with Crippen LogP contribution in [0.3, 0.4) is 0 Å². The zero-order chi connectivity index (χ0) is 20.1. The highest BCUT2D eigenvalue weighted by Gasteiger charge is 2.30. The Bertz CT molecular complexity index is 878. The fraction of sp³-hybridized carbons (Fsp3) is 0.263. The summed E-state index contributed by atoms with van der Waals surface area (Å²) >= 11 is 0. The Hall–Kier alpha value is -3.23. The van der Waals surface area contributed by atoms with Crippen LogP contribution in [0.1, 0.15) is 15.9 Å². The van der Waals surface area contributed by atoms with Gasteiger partial charge in [-0.05, 0) is 36.4 Å². The van der Waals surface area contributed by atoms with E-state index in [0.29, 0.717) is 24.7 Å². The number of fused-ring (bicyclic) bond motifs is 1. The molecule has 0 unspecified atom stereocenters. The molecule has 0 saturated heterocycles. The van der Waals surface area contributed by atoms with E-state index < -0.39 is 36.7 Å². The average Bonchev–Trinajstić information content (AvgIpc) is 2.69. The van der Waals surface area contributed by atoms with Crippen molar-refractivity contribution in [1.82, 2.24) is 0 Å². The largest absolute Gasteiger partial charge is 0.486 e. The number of ether oxygens (including phenoxy) is 4. The highest BCUT2D eigenvalue weighted by Crippen LogP contribution is 2.32. The summed E-state index contributed by atoms with van der Waals surface area (Å²) in [5.41, 5.74) is -0.622. The first-order valence-electron chi connectivity index (χ1n) is 8.21. The van der Waals surface area contributed by atoms with Crippen molar-refractivity contribution in [2.75, 3.05) is 26.4 Å². The molecule has 1 aliphatic heterocycles. The average molecular weight is 396 g/mol. The number of alkyl halides is 3. The molecular weight excluding hydrogens is 381 g/mol. The minimum absolute atomic E-state index is 0.134. The Morgan fingerprint density at radius 3 is 2.46 bits per heavy atom. The van der Waals surface area contributed by atoms with Gasteiger partial charge in [0.2, 0.25) is 0 Å². The van der Waals surface area contributed by atoms with E-state index in [9.17, 15) is 22.8 Å². The van der Waals surface area contributed by atoms with E-state index in [-0.39, 0.29) is 11.3 Å². The summed E-state index contributed by atoms with van der Waals surface area (Å²) in [5, 5.41) is 0. The maximum atomic E-state index is 12.6. The van der Waals surface area contributed by atoms with E-state index in [1.165, 1.54) is 18.2 Å². The van der Waals surface area contributed by atoms with E-state index in [4.69, 9.17) is 18.9 Å². The van der Waals surface area contributed by atoms with Crippen molar-refractivity contribution in [3.05, 3.63) is 53.6 Å². The molecule has 0 radical (unpaired) electrons. The second kappa shape index (κ2) is 8.20. The van der Waals surface area contributed by atoms with Crippen LogP contribution in [0.2, 0.25) is 0 Å². The van der Waals surface area contributed by atoms with Gasteiger partial charge in [0.05, 0.1) is 5.56 Å². The lowest BCUT2D eigenvalue weighted by Gasteiger charge is -2.18. The third-order valence-corrected chi connectivity index (χ3v) is 3.75. The molecule has 1 heterocycles. The molecule has 2 aromatic carbocycles. The molecule has 0 aromatic heterocycles. The van der Waals surface area contributed by atoms with Gasteiger partial charge in [-0.1, -0.05) is 6.07 Å². The maximum absolute atomic E-state index is 12.6. The van der Waals surface area contributed by atoms with Crippen LogP contribution in [0.5, 0.6) is 17.2 Å². The topological polar surface area (TPSA) is 71.1 Å². The SMILES string of the molecule is O=C(COc1cccc(C(F)(F)F)c1)OCC(=O)c1ccc2c(c1)OCCO2. The molecular formula is C19H15F3O6. The van der Waals surface area contributed by atoms with Gasteiger partial charge < -0.3 is 18.9 Å². The van der Waals surface area contributed by atoms with E-state index in [2.05, 4.69) is 0 Å². The van der Waals surface area contributed by atoms with Crippen molar-refractivity contribution >= 4 is 11.8 Å². The molecule has 0 N–H and O–H groups in total. The lowest BCUT2D eigenvalue weighted by Crippen LogP contribution is -2.20. The van der Waals surface area contributed by atoms with Crippen molar-refractivity contribution in [1.29, 1.82) is 0 Å². The third-order valence-electron chi connectivity index (χ3n) is 3.75. The molecule has 9 heteroatoms. The van der Waals surface area contributed by atoms with Crippen LogP contribution >= 0.6 is 0 Å². The summed E-state index contributed by atoms with van der Waals surface area (Å²) in [5.74, 6) is -0.539. The summed E-state index contributed by atoms with van der Waals surface area (Å²) < 4.78 is 58.5. The standard InChI is InChI=1S/C19H15F3O6/c20-19(21,22)13-2-1-3-14(9-13)27-11-18(24)28-10-15(23)12-4-5-16-17(8-12)26-7-6-25-16/h1-5,8-9H,6-7,10-11H2. The van der Waals surface area contributed by atoms with Crippen LogP contribution in [0, 0.1) is 0 Å². The van der Waals surface area contributed by atoms with Crippen LogP contribution < -0.4 is 14.2 Å². The number of hydrogen-bond donors (Lipinski definition) is 0. The molecule has 0 atom stereocenters. The second-order valence-corrected chi connectivity index (χ2v) is 5.76. The van der Waals surface area contributed by atoms with Crippen molar-refractivity contribution in [3.63, 3.8) is 0 Å². The van der Waals surface area contributed by atoms with Gasteiger partial charge in [0.25, 0.3) is 0 Å². The van der Waals surface area contributed by atoms with Crippen LogP contribution in [0.4, 0.5) is 13.2 Å². The van der Waals surface area contributed by atoms with Gasteiger partial charge in [0.15, 0.2) is 30.5 Å². The number of esters is 1. The number of hydrogen-bond acceptors (Lipinski definition) is 6. The molecule has 0 saturated carbocycles. The van der Waals surface area contributed by atoms with Crippen LogP contribution in [-0.4, -0.2) is 38.2 Å². The van der Waals surface area contributed by atoms with E-state index in [1.54, 1.807) is 6.07 Å². The molecule has 2 aromatic rings. The summed E-state index contributed by atoms with van der Waals surface area (Å²) in [6, 6.07) is 8.69. The van der Waals surface area contributed by atoms with E-state index in [1.807, 2.05) is 0 Å². The Morgan fingerprint density at radius 2 is 1.71 bits per heavy atom. The number of carbonyl (C=O) groups excluding carboxylic acids is 2. The highest BCUT2D eigenvalue weighted by atomic mass is 19.4. The van der Waals surface area contributed by atoms with Crippen molar-refractivity contribution in [3.8, 4) is 17.2 Å². The molecule has 6 nitrogen and oxygen atoms in total. The number of rotatable bonds is 6. The Morgan fingerprint density at radius 1 is 0.964 bits per heavy atom. The van der Waals surface area contributed by atoms with Crippen LogP contribution in [0.25, 0.3) is 0 Å². The number of ketones is 1. The molecule has 0 amide bonds. The summed E-state index contributed by atoms with van der Waals surface area (Å²) in [6.07, 6.45) is -4.52. The number of benzene rings is 2. The molecule has 1 aliphatic rings. The maximum Gasteiger partial charge on any atom is 0.416 e. The van der Waals surface area contributed by atoms with Gasteiger partial charge in [-0.25, -0.2) is 4.79 Å². The second-order valence-electron chi connectivity index (χ2n) is 5.76. The zero-order valence-corrected chi connectivity index (χ0v) is 14.5. The zero-order valence-electron chi connectivity index (χ0n) is 14.5. The normalized spacial score (nSPS) is 13.0. The summed E-state index contributed by atoms with van der Waals surface area (Å²) in [4.78, 5) is 23.8.